The second-order valence-corrected chi connectivity index (χ2v) is 5.64. The van der Waals surface area contributed by atoms with E-state index in [2.05, 4.69) is 33.5 Å². The van der Waals surface area contributed by atoms with Crippen molar-refractivity contribution in [3.8, 4) is 0 Å². The van der Waals surface area contributed by atoms with Crippen LogP contribution in [0.3, 0.4) is 0 Å². The molecule has 0 saturated carbocycles. The third-order valence-electron chi connectivity index (χ3n) is 3.98. The molecular weight excluding hydrogens is 282 g/mol. The van der Waals surface area contributed by atoms with Crippen molar-refractivity contribution in [1.29, 1.82) is 0 Å². The van der Waals surface area contributed by atoms with E-state index in [1.807, 2.05) is 12.1 Å². The molecular formula is C16H21N3O3. The van der Waals surface area contributed by atoms with Crippen LogP contribution in [0.4, 0.5) is 0 Å². The van der Waals surface area contributed by atoms with E-state index in [0.29, 0.717) is 13.0 Å². The third-order valence-corrected chi connectivity index (χ3v) is 3.98. The molecule has 0 aliphatic carbocycles. The molecule has 1 unspecified atom stereocenters. The van der Waals surface area contributed by atoms with E-state index >= 15 is 0 Å². The number of fused-ring (bicyclic) bond motifs is 1. The van der Waals surface area contributed by atoms with Crippen molar-refractivity contribution in [3.63, 3.8) is 0 Å². The standard InChI is InChI=1S/C16H21N3O3/c1-12-4-3-5-15-17-13(10-19(12)15)9-18-6-7-22-14(11-18)8-16(20)21-2/h3-5,10,14H,6-9,11H2,1-2H3. The van der Waals surface area contributed by atoms with Gasteiger partial charge in [-0.1, -0.05) is 6.07 Å². The first kappa shape index (κ1) is 15.0. The van der Waals surface area contributed by atoms with Crippen molar-refractivity contribution in [2.24, 2.45) is 0 Å². The summed E-state index contributed by atoms with van der Waals surface area (Å²) in [6.07, 6.45) is 2.28. The van der Waals surface area contributed by atoms with Gasteiger partial charge in [0, 0.05) is 31.5 Å². The molecule has 118 valence electrons. The Hall–Kier alpha value is -1.92. The van der Waals surface area contributed by atoms with E-state index in [0.717, 1.165) is 31.0 Å². The second-order valence-electron chi connectivity index (χ2n) is 5.64. The molecule has 22 heavy (non-hydrogen) atoms. The zero-order chi connectivity index (χ0) is 15.5. The van der Waals surface area contributed by atoms with E-state index in [-0.39, 0.29) is 12.1 Å². The quantitative estimate of drug-likeness (QED) is 0.799. The first-order chi connectivity index (χ1) is 10.7. The zero-order valence-electron chi connectivity index (χ0n) is 13.0. The Labute approximate surface area is 129 Å². The number of imidazole rings is 1. The number of aryl methyl sites for hydroxylation is 1. The number of ether oxygens (including phenoxy) is 2. The van der Waals surface area contributed by atoms with Gasteiger partial charge in [0.15, 0.2) is 0 Å². The van der Waals surface area contributed by atoms with Gasteiger partial charge in [0.2, 0.25) is 0 Å². The number of hydrogen-bond acceptors (Lipinski definition) is 5. The number of pyridine rings is 1. The molecule has 2 aromatic rings. The molecule has 2 aromatic heterocycles. The Morgan fingerprint density at radius 2 is 2.36 bits per heavy atom. The van der Waals surface area contributed by atoms with Gasteiger partial charge in [0.25, 0.3) is 0 Å². The van der Waals surface area contributed by atoms with E-state index in [1.54, 1.807) is 0 Å². The average molecular weight is 303 g/mol. The van der Waals surface area contributed by atoms with Crippen LogP contribution < -0.4 is 0 Å². The summed E-state index contributed by atoms with van der Waals surface area (Å²) in [5.41, 5.74) is 3.17. The van der Waals surface area contributed by atoms with Crippen LogP contribution in [0, 0.1) is 6.92 Å². The fourth-order valence-corrected chi connectivity index (χ4v) is 2.82. The lowest BCUT2D eigenvalue weighted by molar-refractivity contribution is -0.145. The lowest BCUT2D eigenvalue weighted by Gasteiger charge is -2.31. The second kappa shape index (κ2) is 6.46. The van der Waals surface area contributed by atoms with Gasteiger partial charge < -0.3 is 13.9 Å². The van der Waals surface area contributed by atoms with Crippen molar-refractivity contribution in [2.75, 3.05) is 26.8 Å². The molecule has 1 aliphatic rings. The Bertz CT molecular complexity index is 668. The largest absolute Gasteiger partial charge is 0.469 e. The van der Waals surface area contributed by atoms with Crippen LogP contribution in [0.15, 0.2) is 24.4 Å². The average Bonchev–Trinajstić information content (AvgIpc) is 2.91. The Kier molecular flexibility index (Phi) is 4.40. The molecule has 0 aromatic carbocycles. The Morgan fingerprint density at radius 3 is 3.14 bits per heavy atom. The van der Waals surface area contributed by atoms with Crippen LogP contribution in [-0.4, -0.2) is 53.2 Å². The number of morpholine rings is 1. The molecule has 0 spiro atoms. The van der Waals surface area contributed by atoms with Gasteiger partial charge in [-0.2, -0.15) is 0 Å². The number of carbonyl (C=O) groups is 1. The summed E-state index contributed by atoms with van der Waals surface area (Å²) in [5.74, 6) is -0.227. The fraction of sp³-hybridized carbons (Fsp3) is 0.500. The van der Waals surface area contributed by atoms with Gasteiger partial charge in [-0.05, 0) is 19.1 Å². The molecule has 1 saturated heterocycles. The molecule has 3 heterocycles. The van der Waals surface area contributed by atoms with Crippen molar-refractivity contribution in [1.82, 2.24) is 14.3 Å². The molecule has 0 bridgehead atoms. The lowest BCUT2D eigenvalue weighted by atomic mass is 10.2. The highest BCUT2D eigenvalue weighted by atomic mass is 16.5. The van der Waals surface area contributed by atoms with Gasteiger partial charge in [0.05, 0.1) is 31.9 Å². The number of aromatic nitrogens is 2. The highest BCUT2D eigenvalue weighted by Gasteiger charge is 2.23. The number of rotatable bonds is 4. The summed E-state index contributed by atoms with van der Waals surface area (Å²) in [5, 5.41) is 0. The first-order valence-corrected chi connectivity index (χ1v) is 7.50. The predicted octanol–water partition coefficient (Wildman–Crippen LogP) is 1.41. The maximum Gasteiger partial charge on any atom is 0.308 e. The molecule has 3 rings (SSSR count). The number of nitrogens with zero attached hydrogens (tertiary/aromatic N) is 3. The maximum absolute atomic E-state index is 11.4. The van der Waals surface area contributed by atoms with Crippen LogP contribution in [0.1, 0.15) is 17.8 Å². The molecule has 0 N–H and O–H groups in total. The molecule has 1 fully saturated rings. The highest BCUT2D eigenvalue weighted by molar-refractivity contribution is 5.69. The molecule has 6 heteroatoms. The molecule has 0 radical (unpaired) electrons. The fourth-order valence-electron chi connectivity index (χ4n) is 2.82. The van der Waals surface area contributed by atoms with Crippen molar-refractivity contribution in [2.45, 2.75) is 26.0 Å². The molecule has 1 atom stereocenters. The molecule has 1 aliphatic heterocycles. The first-order valence-electron chi connectivity index (χ1n) is 7.50. The van der Waals surface area contributed by atoms with Crippen LogP contribution in [-0.2, 0) is 20.8 Å². The van der Waals surface area contributed by atoms with Gasteiger partial charge in [-0.25, -0.2) is 4.98 Å². The van der Waals surface area contributed by atoms with Crippen molar-refractivity contribution in [3.05, 3.63) is 35.8 Å². The van der Waals surface area contributed by atoms with Crippen LogP contribution >= 0.6 is 0 Å². The number of methoxy groups -OCH3 is 1. The summed E-state index contributed by atoms with van der Waals surface area (Å²) < 4.78 is 12.4. The smallest absolute Gasteiger partial charge is 0.308 e. The predicted molar refractivity (Wildman–Crippen MR) is 81.6 cm³/mol. The van der Waals surface area contributed by atoms with Crippen molar-refractivity contribution < 1.29 is 14.3 Å². The highest BCUT2D eigenvalue weighted by Crippen LogP contribution is 2.14. The SMILES string of the molecule is COC(=O)CC1CN(Cc2cn3c(C)cccc3n2)CCO1. The summed E-state index contributed by atoms with van der Waals surface area (Å²) in [7, 11) is 1.40. The maximum atomic E-state index is 11.4. The minimum Gasteiger partial charge on any atom is -0.469 e. The normalized spacial score (nSPS) is 19.5. The monoisotopic (exact) mass is 303 g/mol. The Balaban J connectivity index is 1.66. The van der Waals surface area contributed by atoms with Crippen LogP contribution in [0.2, 0.25) is 0 Å². The zero-order valence-corrected chi connectivity index (χ0v) is 13.0. The molecule has 6 nitrogen and oxygen atoms in total. The van der Waals surface area contributed by atoms with E-state index in [4.69, 9.17) is 9.47 Å². The minimum absolute atomic E-state index is 0.0973. The summed E-state index contributed by atoms with van der Waals surface area (Å²) in [4.78, 5) is 18.3. The van der Waals surface area contributed by atoms with Crippen molar-refractivity contribution >= 4 is 11.6 Å². The number of esters is 1. The van der Waals surface area contributed by atoms with E-state index in [1.165, 1.54) is 12.8 Å². The summed E-state index contributed by atoms with van der Waals surface area (Å²) in [6.45, 7) is 5.04. The van der Waals surface area contributed by atoms with E-state index < -0.39 is 0 Å². The van der Waals surface area contributed by atoms with Crippen LogP contribution in [0.5, 0.6) is 0 Å². The summed E-state index contributed by atoms with van der Waals surface area (Å²) in [6, 6.07) is 6.10. The van der Waals surface area contributed by atoms with Crippen LogP contribution in [0.25, 0.3) is 5.65 Å². The molecule has 0 amide bonds. The van der Waals surface area contributed by atoms with E-state index in [9.17, 15) is 4.79 Å². The van der Waals surface area contributed by atoms with Gasteiger partial charge in [-0.3, -0.25) is 9.69 Å². The lowest BCUT2D eigenvalue weighted by Crippen LogP contribution is -2.42. The van der Waals surface area contributed by atoms with Gasteiger partial charge in [-0.15, -0.1) is 0 Å². The number of hydrogen-bond donors (Lipinski definition) is 0. The third kappa shape index (κ3) is 3.28. The van der Waals surface area contributed by atoms with Gasteiger partial charge >= 0.3 is 5.97 Å². The topological polar surface area (TPSA) is 56.1 Å². The summed E-state index contributed by atoms with van der Waals surface area (Å²) >= 11 is 0. The Morgan fingerprint density at radius 1 is 1.50 bits per heavy atom. The van der Waals surface area contributed by atoms with Gasteiger partial charge in [0.1, 0.15) is 5.65 Å². The minimum atomic E-state index is -0.227. The number of carbonyl (C=O) groups excluding carboxylic acids is 1.